The molecule has 0 fully saturated rings. The molecule has 2 nitrogen and oxygen atoms in total. The van der Waals surface area contributed by atoms with Crippen molar-refractivity contribution in [2.24, 2.45) is 0 Å². The third kappa shape index (κ3) is 2.96. The molecule has 0 aliphatic carbocycles. The first kappa shape index (κ1) is 13.5. The zero-order chi connectivity index (χ0) is 10.9. The van der Waals surface area contributed by atoms with Gasteiger partial charge in [-0.2, -0.15) is 13.2 Å². The second kappa shape index (κ2) is 5.16. The van der Waals surface area contributed by atoms with Gasteiger partial charge in [0.15, 0.2) is 0 Å². The second-order valence-electron chi connectivity index (χ2n) is 2.89. The van der Waals surface area contributed by atoms with E-state index in [1.165, 1.54) is 0 Å². The summed E-state index contributed by atoms with van der Waals surface area (Å²) in [5.41, 5.74) is -0.626. The van der Waals surface area contributed by atoms with E-state index in [4.69, 9.17) is 0 Å². The van der Waals surface area contributed by atoms with Crippen LogP contribution in [-0.4, -0.2) is 28.2 Å². The quantitative estimate of drug-likeness (QED) is 0.732. The fourth-order valence-corrected chi connectivity index (χ4v) is 1.97. The molecular weight excluding hydrogens is 248 g/mol. The summed E-state index contributed by atoms with van der Waals surface area (Å²) in [4.78, 5) is 0. The van der Waals surface area contributed by atoms with Crippen LogP contribution < -0.4 is 5.10 Å². The second-order valence-corrected chi connectivity index (χ2v) is 4.05. The van der Waals surface area contributed by atoms with Gasteiger partial charge in [-0.15, -0.1) is 0 Å². The van der Waals surface area contributed by atoms with Gasteiger partial charge in [0, 0.05) is 0 Å². The van der Waals surface area contributed by atoms with Gasteiger partial charge in [0.25, 0.3) is 0 Å². The van der Waals surface area contributed by atoms with Crippen molar-refractivity contribution in [1.82, 2.24) is 10.2 Å². The summed E-state index contributed by atoms with van der Waals surface area (Å²) in [5.74, 6) is 1.89. The Morgan fingerprint density at radius 1 is 1.25 bits per heavy atom. The van der Waals surface area contributed by atoms with Crippen molar-refractivity contribution >= 4 is 31.2 Å². The molecule has 0 aliphatic heterocycles. The van der Waals surface area contributed by atoms with E-state index >= 15 is 0 Å². The number of hydrogen-bond acceptors (Lipinski definition) is 1. The molecule has 1 unspecified atom stereocenters. The fourth-order valence-electron chi connectivity index (χ4n) is 1.12. The maximum absolute atomic E-state index is 12.2. The van der Waals surface area contributed by atoms with Crippen LogP contribution in [0, 0.1) is 0 Å². The largest absolute Gasteiger partial charge is 2.00 e. The van der Waals surface area contributed by atoms with Gasteiger partial charge in [-0.05, 0) is 18.2 Å². The van der Waals surface area contributed by atoms with Crippen molar-refractivity contribution in [3.63, 3.8) is 0 Å². The summed E-state index contributed by atoms with van der Waals surface area (Å²) in [6, 6.07) is 6.35. The summed E-state index contributed by atoms with van der Waals surface area (Å²) in [5, 5.41) is 7.41. The van der Waals surface area contributed by atoms with E-state index in [2.05, 4.69) is 10.2 Å². The number of hydrogen-bond donors (Lipinski definition) is 0. The predicted molar refractivity (Wildman–Crippen MR) is 57.7 cm³/mol. The number of alkyl halides is 3. The summed E-state index contributed by atoms with van der Waals surface area (Å²) in [7, 11) is 0.346. The minimum Gasteiger partial charge on any atom is -0.571 e. The standard InChI is InChI=1S/C9H5F3N2P.Mg/c10-9(11,12)8-5-6(13-14-8)7-3-1-2-4-15-7;/h1-5H;/q-1;+2/p+1. The third-order valence-corrected chi connectivity index (χ3v) is 2.91. The van der Waals surface area contributed by atoms with Crippen LogP contribution in [0.5, 0.6) is 0 Å². The topological polar surface area (TPSA) is 27.0 Å². The van der Waals surface area contributed by atoms with Gasteiger partial charge in [-0.25, -0.2) is 0 Å². The molecule has 7 heteroatoms. The van der Waals surface area contributed by atoms with E-state index in [0.29, 0.717) is 13.9 Å². The Morgan fingerprint density at radius 2 is 2.00 bits per heavy atom. The zero-order valence-corrected chi connectivity index (χ0v) is 10.5. The van der Waals surface area contributed by atoms with Crippen molar-refractivity contribution in [2.45, 2.75) is 6.18 Å². The molecule has 2 aromatic rings. The average molecular weight is 254 g/mol. The van der Waals surface area contributed by atoms with Crippen molar-refractivity contribution in [3.05, 3.63) is 35.8 Å². The van der Waals surface area contributed by atoms with E-state index < -0.39 is 11.9 Å². The maximum Gasteiger partial charge on any atom is 2.00 e. The van der Waals surface area contributed by atoms with Crippen LogP contribution in [0.4, 0.5) is 13.2 Å². The fraction of sp³-hybridized carbons (Fsp3) is 0.111. The number of rotatable bonds is 1. The van der Waals surface area contributed by atoms with Gasteiger partial charge >= 0.3 is 29.2 Å². The molecule has 2 heterocycles. The predicted octanol–water partition coefficient (Wildman–Crippen LogP) is 2.66. The van der Waals surface area contributed by atoms with Gasteiger partial charge in [-0.1, -0.05) is 11.8 Å². The molecule has 16 heavy (non-hydrogen) atoms. The Balaban J connectivity index is 0.00000128. The van der Waals surface area contributed by atoms with Crippen molar-refractivity contribution in [2.75, 3.05) is 0 Å². The molecule has 0 aromatic carbocycles. The first-order chi connectivity index (χ1) is 7.07. The van der Waals surface area contributed by atoms with Crippen molar-refractivity contribution < 1.29 is 13.2 Å². The molecule has 78 valence electrons. The zero-order valence-electron chi connectivity index (χ0n) is 8.12. The Bertz CT molecular complexity index is 455. The third-order valence-electron chi connectivity index (χ3n) is 1.81. The van der Waals surface area contributed by atoms with Crippen LogP contribution >= 0.6 is 8.19 Å². The van der Waals surface area contributed by atoms with Gasteiger partial charge < -0.3 is 10.2 Å². The van der Waals surface area contributed by atoms with E-state index in [1.54, 1.807) is 12.1 Å². The summed E-state index contributed by atoms with van der Waals surface area (Å²) >= 11 is 0. The van der Waals surface area contributed by atoms with Crippen molar-refractivity contribution in [1.29, 1.82) is 0 Å². The normalized spacial score (nSPS) is 11.4. The number of halogens is 3. The summed E-state index contributed by atoms with van der Waals surface area (Å²) in [6.07, 6.45) is -4.41. The van der Waals surface area contributed by atoms with Crippen LogP contribution in [0.15, 0.2) is 30.1 Å². The molecule has 2 aromatic heterocycles. The van der Waals surface area contributed by atoms with Crippen molar-refractivity contribution in [3.8, 4) is 11.0 Å². The number of nitrogens with zero attached hydrogens (tertiary/aromatic N) is 2. The molecule has 0 N–H and O–H groups in total. The monoisotopic (exact) mass is 254 g/mol. The van der Waals surface area contributed by atoms with Gasteiger partial charge in [0.2, 0.25) is 0 Å². The molecule has 0 saturated carbocycles. The Labute approximate surface area is 108 Å². The first-order valence-electron chi connectivity index (χ1n) is 4.12. The van der Waals surface area contributed by atoms with Gasteiger partial charge in [0.1, 0.15) is 25.0 Å². The molecule has 0 saturated heterocycles. The van der Waals surface area contributed by atoms with Gasteiger partial charge in [0.05, 0.1) is 0 Å². The molecule has 0 amide bonds. The maximum atomic E-state index is 12.2. The molecule has 0 radical (unpaired) electrons. The summed E-state index contributed by atoms with van der Waals surface area (Å²) < 4.78 is 36.7. The molecule has 0 aliphatic rings. The molecule has 1 atom stereocenters. The summed E-state index contributed by atoms with van der Waals surface area (Å²) in [6.45, 7) is 0. The Kier molecular flexibility index (Phi) is 4.35. The van der Waals surface area contributed by atoms with E-state index in [1.807, 2.05) is 11.9 Å². The Morgan fingerprint density at radius 3 is 2.50 bits per heavy atom. The average Bonchev–Trinajstić information content (AvgIpc) is 2.67. The van der Waals surface area contributed by atoms with Crippen LogP contribution in [0.2, 0.25) is 0 Å². The SMILES string of the molecule is FC(F)(F)c1cc(-c2cccc[pH+]2)[n-]n1.[Mg+2]. The molecular formula is C9H6F3MgN2P+2. The minimum absolute atomic E-state index is 0. The molecule has 0 bridgehead atoms. The molecule has 2 rings (SSSR count). The van der Waals surface area contributed by atoms with Gasteiger partial charge in [-0.3, -0.25) is 0 Å². The van der Waals surface area contributed by atoms with Crippen LogP contribution in [0.3, 0.4) is 0 Å². The van der Waals surface area contributed by atoms with Crippen LogP contribution in [-0.2, 0) is 6.18 Å². The van der Waals surface area contributed by atoms with Crippen LogP contribution in [0.25, 0.3) is 11.0 Å². The number of aromatic nitrogens is 2. The van der Waals surface area contributed by atoms with E-state index in [0.717, 1.165) is 11.4 Å². The molecule has 0 spiro atoms. The van der Waals surface area contributed by atoms with E-state index in [9.17, 15) is 13.2 Å². The minimum atomic E-state index is -4.41. The van der Waals surface area contributed by atoms with E-state index in [-0.39, 0.29) is 23.1 Å². The smallest absolute Gasteiger partial charge is 0.571 e. The first-order valence-corrected chi connectivity index (χ1v) is 5.20. The Hall–Kier alpha value is -0.584. The van der Waals surface area contributed by atoms with Crippen LogP contribution in [0.1, 0.15) is 5.69 Å².